The van der Waals surface area contributed by atoms with E-state index < -0.39 is 11.9 Å². The lowest BCUT2D eigenvalue weighted by molar-refractivity contribution is 0.0971. The number of hydrogen-bond donors (Lipinski definition) is 0. The van der Waals surface area contributed by atoms with Gasteiger partial charge in [-0.3, -0.25) is 14.5 Å². The van der Waals surface area contributed by atoms with E-state index in [9.17, 15) is 9.59 Å². The highest BCUT2D eigenvalue weighted by atomic mass is 35.5. The molecule has 0 N–H and O–H groups in total. The maximum Gasteiger partial charge on any atom is 0.295 e. The number of methoxy groups -OCH3 is 1. The zero-order valence-corrected chi connectivity index (χ0v) is 22.7. The van der Waals surface area contributed by atoms with Crippen molar-refractivity contribution in [3.05, 3.63) is 97.9 Å². The van der Waals surface area contributed by atoms with Gasteiger partial charge in [0.15, 0.2) is 16.9 Å². The topological polar surface area (TPSA) is 69.0 Å². The first kappa shape index (κ1) is 25.9. The van der Waals surface area contributed by atoms with Crippen LogP contribution in [0.2, 0.25) is 5.02 Å². The second-order valence-corrected chi connectivity index (χ2v) is 10.1. The average molecular weight is 532 g/mol. The summed E-state index contributed by atoms with van der Waals surface area (Å²) < 4.78 is 17.7. The molecule has 1 atom stereocenters. The van der Waals surface area contributed by atoms with Gasteiger partial charge in [-0.1, -0.05) is 55.1 Å². The third kappa shape index (κ3) is 4.54. The summed E-state index contributed by atoms with van der Waals surface area (Å²) in [7, 11) is 1.58. The Balaban J connectivity index is 1.69. The van der Waals surface area contributed by atoms with Crippen LogP contribution in [0, 0.1) is 13.8 Å². The fourth-order valence-electron chi connectivity index (χ4n) is 4.91. The van der Waals surface area contributed by atoms with Crippen molar-refractivity contribution in [3.63, 3.8) is 0 Å². The standard InChI is InChI=1S/C31H30ClNO5/c1-5-6-7-14-37-25-13-10-20(16-26(25)36-4)28-27-29(34)22-15-18(2)8-12-24(22)38-30(27)31(35)33(28)21-11-9-19(3)23(32)17-21/h8-13,15-17,28H,5-7,14H2,1-4H3. The molecule has 0 fully saturated rings. The normalized spacial score (nSPS) is 14.7. The molecular weight excluding hydrogens is 502 g/mol. The third-order valence-electron chi connectivity index (χ3n) is 6.97. The van der Waals surface area contributed by atoms with Gasteiger partial charge in [-0.15, -0.1) is 0 Å². The van der Waals surface area contributed by atoms with Crippen LogP contribution in [-0.4, -0.2) is 19.6 Å². The van der Waals surface area contributed by atoms with E-state index in [0.29, 0.717) is 50.9 Å². The molecule has 0 spiro atoms. The Labute approximate surface area is 226 Å². The summed E-state index contributed by atoms with van der Waals surface area (Å²) in [6.45, 7) is 6.54. The Morgan fingerprint density at radius 2 is 1.79 bits per heavy atom. The molecule has 38 heavy (non-hydrogen) atoms. The third-order valence-corrected chi connectivity index (χ3v) is 7.38. The second-order valence-electron chi connectivity index (χ2n) is 9.65. The molecule has 0 radical (unpaired) electrons. The van der Waals surface area contributed by atoms with Gasteiger partial charge in [-0.05, 0) is 67.8 Å². The minimum Gasteiger partial charge on any atom is -0.493 e. The van der Waals surface area contributed by atoms with Gasteiger partial charge < -0.3 is 13.9 Å². The molecule has 196 valence electrons. The van der Waals surface area contributed by atoms with Crippen LogP contribution < -0.4 is 19.8 Å². The van der Waals surface area contributed by atoms with Crippen LogP contribution in [-0.2, 0) is 0 Å². The highest BCUT2D eigenvalue weighted by Gasteiger charge is 2.44. The number of rotatable bonds is 8. The number of carbonyl (C=O) groups excluding carboxylic acids is 1. The van der Waals surface area contributed by atoms with Crippen molar-refractivity contribution in [1.29, 1.82) is 0 Å². The number of benzene rings is 3. The highest BCUT2D eigenvalue weighted by molar-refractivity contribution is 6.31. The second kappa shape index (κ2) is 10.5. The number of amides is 1. The molecule has 2 heterocycles. The molecule has 4 aromatic rings. The van der Waals surface area contributed by atoms with E-state index in [1.807, 2.05) is 50.2 Å². The lowest BCUT2D eigenvalue weighted by Gasteiger charge is -2.26. The molecule has 0 saturated heterocycles. The number of fused-ring (bicyclic) bond motifs is 2. The minimum atomic E-state index is -0.736. The fourth-order valence-corrected chi connectivity index (χ4v) is 5.08. The molecule has 1 unspecified atom stereocenters. The summed E-state index contributed by atoms with van der Waals surface area (Å²) in [5.74, 6) is 0.779. The first-order chi connectivity index (χ1) is 18.3. The van der Waals surface area contributed by atoms with E-state index >= 15 is 0 Å². The fraction of sp³-hybridized carbons (Fsp3) is 0.290. The molecule has 1 aliphatic heterocycles. The molecule has 5 rings (SSSR count). The Kier molecular flexibility index (Phi) is 7.17. The van der Waals surface area contributed by atoms with Crippen molar-refractivity contribution in [3.8, 4) is 11.5 Å². The van der Waals surface area contributed by atoms with Crippen LogP contribution in [0.25, 0.3) is 11.0 Å². The van der Waals surface area contributed by atoms with Gasteiger partial charge in [-0.2, -0.15) is 0 Å². The molecule has 1 aromatic heterocycles. The Morgan fingerprint density at radius 3 is 2.53 bits per heavy atom. The highest BCUT2D eigenvalue weighted by Crippen LogP contribution is 2.44. The molecule has 3 aromatic carbocycles. The first-order valence-corrected chi connectivity index (χ1v) is 13.2. The van der Waals surface area contributed by atoms with Crippen molar-refractivity contribution in [2.75, 3.05) is 18.6 Å². The maximum absolute atomic E-state index is 13.9. The van der Waals surface area contributed by atoms with Gasteiger partial charge in [-0.25, -0.2) is 0 Å². The molecule has 0 saturated carbocycles. The predicted molar refractivity (Wildman–Crippen MR) is 150 cm³/mol. The number of hydrogen-bond acceptors (Lipinski definition) is 5. The first-order valence-electron chi connectivity index (χ1n) is 12.8. The van der Waals surface area contributed by atoms with Crippen LogP contribution in [0.5, 0.6) is 11.5 Å². The SMILES string of the molecule is CCCCCOc1ccc(C2c3c(oc4ccc(C)cc4c3=O)C(=O)N2c2ccc(C)c(Cl)c2)cc1OC. The lowest BCUT2D eigenvalue weighted by atomic mass is 9.97. The van der Waals surface area contributed by atoms with E-state index in [1.54, 1.807) is 30.2 Å². The van der Waals surface area contributed by atoms with Crippen molar-refractivity contribution in [1.82, 2.24) is 0 Å². The largest absolute Gasteiger partial charge is 0.493 e. The monoisotopic (exact) mass is 531 g/mol. The summed E-state index contributed by atoms with van der Waals surface area (Å²) in [5.41, 5.74) is 3.53. The van der Waals surface area contributed by atoms with Crippen molar-refractivity contribution in [2.24, 2.45) is 0 Å². The van der Waals surface area contributed by atoms with Gasteiger partial charge in [0.25, 0.3) is 5.91 Å². The van der Waals surface area contributed by atoms with E-state index in [2.05, 4.69) is 6.92 Å². The Morgan fingerprint density at radius 1 is 0.974 bits per heavy atom. The summed E-state index contributed by atoms with van der Waals surface area (Å²) in [4.78, 5) is 29.3. The van der Waals surface area contributed by atoms with Crippen LogP contribution in [0.15, 0.2) is 63.8 Å². The number of halogens is 1. The molecule has 1 aliphatic rings. The lowest BCUT2D eigenvalue weighted by Crippen LogP contribution is -2.29. The summed E-state index contributed by atoms with van der Waals surface area (Å²) >= 11 is 6.46. The molecule has 6 nitrogen and oxygen atoms in total. The number of unbranched alkanes of at least 4 members (excludes halogenated alkanes) is 2. The van der Waals surface area contributed by atoms with E-state index in [4.69, 9.17) is 25.5 Å². The van der Waals surface area contributed by atoms with Crippen LogP contribution >= 0.6 is 11.6 Å². The quantitative estimate of drug-likeness (QED) is 0.222. The Bertz CT molecular complexity index is 1590. The molecule has 7 heteroatoms. The molecule has 0 bridgehead atoms. The van der Waals surface area contributed by atoms with E-state index in [0.717, 1.165) is 30.4 Å². The van der Waals surface area contributed by atoms with Gasteiger partial charge in [0.1, 0.15) is 5.58 Å². The van der Waals surface area contributed by atoms with Crippen LogP contribution in [0.4, 0.5) is 5.69 Å². The number of carbonyl (C=O) groups is 1. The van der Waals surface area contributed by atoms with Gasteiger partial charge in [0.2, 0.25) is 5.76 Å². The smallest absolute Gasteiger partial charge is 0.295 e. The average Bonchev–Trinajstić information content (AvgIpc) is 3.21. The van der Waals surface area contributed by atoms with Crippen LogP contribution in [0.1, 0.15) is 65.0 Å². The Hall–Kier alpha value is -3.77. The van der Waals surface area contributed by atoms with Gasteiger partial charge in [0.05, 0.1) is 30.7 Å². The zero-order chi connectivity index (χ0) is 27.0. The minimum absolute atomic E-state index is 0.0342. The van der Waals surface area contributed by atoms with Crippen molar-refractivity contribution >= 4 is 34.2 Å². The van der Waals surface area contributed by atoms with Crippen LogP contribution in [0.3, 0.4) is 0 Å². The molecule has 0 aliphatic carbocycles. The van der Waals surface area contributed by atoms with Gasteiger partial charge in [0, 0.05) is 10.7 Å². The van der Waals surface area contributed by atoms with Crippen molar-refractivity contribution < 1.29 is 18.7 Å². The summed E-state index contributed by atoms with van der Waals surface area (Å²) in [6, 6.07) is 15.6. The number of anilines is 1. The van der Waals surface area contributed by atoms with Gasteiger partial charge >= 0.3 is 0 Å². The summed E-state index contributed by atoms with van der Waals surface area (Å²) in [6.07, 6.45) is 3.13. The van der Waals surface area contributed by atoms with E-state index in [-0.39, 0.29) is 11.2 Å². The van der Waals surface area contributed by atoms with E-state index in [1.165, 1.54) is 0 Å². The predicted octanol–water partition coefficient (Wildman–Crippen LogP) is 7.39. The van der Waals surface area contributed by atoms with Crippen molar-refractivity contribution in [2.45, 2.75) is 46.1 Å². The molecule has 1 amide bonds. The summed E-state index contributed by atoms with van der Waals surface area (Å²) in [5, 5.41) is 0.965. The zero-order valence-electron chi connectivity index (χ0n) is 22.0. The molecular formula is C31H30ClNO5. The number of nitrogens with zero attached hydrogens (tertiary/aromatic N) is 1. The number of ether oxygens (including phenoxy) is 2. The maximum atomic E-state index is 13.9. The number of aryl methyl sites for hydroxylation is 2.